The maximum Gasteiger partial charge on any atom is 0.145 e. The zero-order valence-corrected chi connectivity index (χ0v) is 38.7. The number of benzene rings is 12. The maximum atomic E-state index is 6.98. The van der Waals surface area contributed by atoms with Crippen LogP contribution < -0.4 is 4.90 Å². The van der Waals surface area contributed by atoms with Gasteiger partial charge in [0.25, 0.3) is 0 Å². The van der Waals surface area contributed by atoms with E-state index in [0.717, 1.165) is 66.9 Å². The van der Waals surface area contributed by atoms with Gasteiger partial charge in [-0.05, 0) is 133 Å². The van der Waals surface area contributed by atoms with E-state index in [1.54, 1.807) is 0 Å². The highest BCUT2D eigenvalue weighted by atomic mass is 16.3. The van der Waals surface area contributed by atoms with Gasteiger partial charge in [-0.2, -0.15) is 0 Å². The van der Waals surface area contributed by atoms with Crippen molar-refractivity contribution < 1.29 is 4.42 Å². The lowest BCUT2D eigenvalue weighted by molar-refractivity contribution is 0.670. The molecule has 0 fully saturated rings. The van der Waals surface area contributed by atoms with Crippen LogP contribution in [0.4, 0.5) is 17.1 Å². The third-order valence-electron chi connectivity index (χ3n) is 14.4. The highest BCUT2D eigenvalue weighted by molar-refractivity contribution is 6.19. The van der Waals surface area contributed by atoms with Crippen LogP contribution in [0.1, 0.15) is 0 Å². The maximum absolute atomic E-state index is 6.98. The zero-order valence-electron chi connectivity index (χ0n) is 38.7. The summed E-state index contributed by atoms with van der Waals surface area (Å²) in [7, 11) is 0. The third kappa shape index (κ3) is 6.82. The lowest BCUT2D eigenvalue weighted by Gasteiger charge is -2.27. The van der Waals surface area contributed by atoms with Crippen molar-refractivity contribution in [1.29, 1.82) is 0 Å². The van der Waals surface area contributed by atoms with E-state index in [9.17, 15) is 0 Å². The topological polar surface area (TPSA) is 21.3 Å². The molecule has 0 N–H and O–H groups in total. The van der Waals surface area contributed by atoms with E-state index < -0.39 is 0 Å². The average Bonchev–Trinajstić information content (AvgIpc) is 4.01. The number of rotatable bonds is 8. The van der Waals surface area contributed by atoms with E-state index in [-0.39, 0.29) is 0 Å². The minimum Gasteiger partial charge on any atom is -0.455 e. The van der Waals surface area contributed by atoms with Gasteiger partial charge in [-0.1, -0.05) is 194 Å². The van der Waals surface area contributed by atoms with Gasteiger partial charge in [0, 0.05) is 38.8 Å². The zero-order chi connectivity index (χ0) is 46.8. The molecule has 3 heteroatoms. The van der Waals surface area contributed by atoms with E-state index in [4.69, 9.17) is 4.42 Å². The molecule has 2 heterocycles. The smallest absolute Gasteiger partial charge is 0.145 e. The van der Waals surface area contributed by atoms with Crippen LogP contribution in [-0.2, 0) is 0 Å². The summed E-state index contributed by atoms with van der Waals surface area (Å²) in [6, 6.07) is 96.6. The summed E-state index contributed by atoms with van der Waals surface area (Å²) < 4.78 is 9.37. The van der Waals surface area contributed by atoms with E-state index in [1.165, 1.54) is 65.6 Å². The molecule has 0 bridgehead atoms. The Morgan fingerprint density at radius 2 is 0.915 bits per heavy atom. The van der Waals surface area contributed by atoms with Crippen LogP contribution in [0, 0.1) is 0 Å². The summed E-state index contributed by atoms with van der Waals surface area (Å²) in [6.07, 6.45) is 0. The number of hydrogen-bond donors (Lipinski definition) is 0. The van der Waals surface area contributed by atoms with Gasteiger partial charge in [0.2, 0.25) is 0 Å². The second kappa shape index (κ2) is 16.7. The second-order valence-corrected chi connectivity index (χ2v) is 18.4. The Kier molecular flexibility index (Phi) is 9.53. The van der Waals surface area contributed by atoms with Crippen LogP contribution in [0.2, 0.25) is 0 Å². The fourth-order valence-corrected chi connectivity index (χ4v) is 11.1. The van der Waals surface area contributed by atoms with E-state index >= 15 is 0 Å². The predicted octanol–water partition coefficient (Wildman–Crippen LogP) is 19.1. The Labute approximate surface area is 411 Å². The summed E-state index contributed by atoms with van der Waals surface area (Å²) >= 11 is 0. The van der Waals surface area contributed by atoms with Crippen molar-refractivity contribution in [2.24, 2.45) is 0 Å². The fourth-order valence-electron chi connectivity index (χ4n) is 11.1. The molecule has 2 aromatic heterocycles. The molecule has 0 saturated heterocycles. The Bertz CT molecular complexity index is 4330. The number of nitrogens with zero attached hydrogens (tertiary/aromatic N) is 2. The molecule has 14 aromatic rings. The number of para-hydroxylation sites is 3. The van der Waals surface area contributed by atoms with Crippen molar-refractivity contribution in [3.63, 3.8) is 0 Å². The van der Waals surface area contributed by atoms with Crippen molar-refractivity contribution in [3.05, 3.63) is 267 Å². The lowest BCUT2D eigenvalue weighted by Crippen LogP contribution is -2.10. The number of hydrogen-bond acceptors (Lipinski definition) is 2. The Balaban J connectivity index is 0.945. The second-order valence-electron chi connectivity index (χ2n) is 18.4. The molecule has 332 valence electrons. The van der Waals surface area contributed by atoms with Crippen LogP contribution in [0.25, 0.3) is 115 Å². The first-order chi connectivity index (χ1) is 35.2. The highest BCUT2D eigenvalue weighted by Crippen LogP contribution is 2.48. The van der Waals surface area contributed by atoms with E-state index in [0.29, 0.717) is 0 Å². The van der Waals surface area contributed by atoms with E-state index in [1.807, 2.05) is 0 Å². The summed E-state index contributed by atoms with van der Waals surface area (Å²) in [5, 5.41) is 9.48. The van der Waals surface area contributed by atoms with Gasteiger partial charge in [-0.3, -0.25) is 0 Å². The van der Waals surface area contributed by atoms with Gasteiger partial charge in [0.1, 0.15) is 11.2 Å². The van der Waals surface area contributed by atoms with Gasteiger partial charge < -0.3 is 13.9 Å². The molecule has 12 aromatic carbocycles. The van der Waals surface area contributed by atoms with Crippen molar-refractivity contribution in [2.45, 2.75) is 0 Å². The van der Waals surface area contributed by atoms with Gasteiger partial charge in [0.15, 0.2) is 0 Å². The Morgan fingerprint density at radius 1 is 0.310 bits per heavy atom. The Morgan fingerprint density at radius 3 is 1.75 bits per heavy atom. The molecule has 0 spiro atoms. The third-order valence-corrected chi connectivity index (χ3v) is 14.4. The number of furan rings is 1. The molecule has 0 radical (unpaired) electrons. The first kappa shape index (κ1) is 40.6. The SMILES string of the molecule is c1ccc(-n2c3ccccc3c3c(-c4cccc(N(c5ccc(-c6ccc(-c7ccc8ccccc8c7)cc6)cc5)c5ccc(-c6cccc7ccccc67)c6oc7ccccc7c56)c4)cccc32)cc1. The van der Waals surface area contributed by atoms with Gasteiger partial charge in [-0.15, -0.1) is 0 Å². The molecule has 0 aliphatic heterocycles. The number of anilines is 3. The molecule has 14 rings (SSSR count). The van der Waals surface area contributed by atoms with Crippen molar-refractivity contribution >= 4 is 82.4 Å². The quantitative estimate of drug-likeness (QED) is 0.151. The van der Waals surface area contributed by atoms with Gasteiger partial charge >= 0.3 is 0 Å². The van der Waals surface area contributed by atoms with Crippen LogP contribution in [0.5, 0.6) is 0 Å². The fraction of sp³-hybridized carbons (Fsp3) is 0. The molecule has 3 nitrogen and oxygen atoms in total. The monoisotopic (exact) mass is 904 g/mol. The van der Waals surface area contributed by atoms with Gasteiger partial charge in [0.05, 0.1) is 22.1 Å². The lowest BCUT2D eigenvalue weighted by atomic mass is 9.95. The molecule has 0 atom stereocenters. The van der Waals surface area contributed by atoms with Crippen molar-refractivity contribution in [3.8, 4) is 50.2 Å². The summed E-state index contributed by atoms with van der Waals surface area (Å²) in [4.78, 5) is 2.42. The minimum atomic E-state index is 0.856. The average molecular weight is 905 g/mol. The van der Waals surface area contributed by atoms with Crippen molar-refractivity contribution in [1.82, 2.24) is 4.57 Å². The molecule has 0 amide bonds. The molecule has 0 unspecified atom stereocenters. The minimum absolute atomic E-state index is 0.856. The highest BCUT2D eigenvalue weighted by Gasteiger charge is 2.24. The van der Waals surface area contributed by atoms with Gasteiger partial charge in [-0.25, -0.2) is 0 Å². The normalized spacial score (nSPS) is 11.7. The predicted molar refractivity (Wildman–Crippen MR) is 299 cm³/mol. The summed E-state index contributed by atoms with van der Waals surface area (Å²) in [5.41, 5.74) is 17.6. The number of aromatic nitrogens is 1. The van der Waals surface area contributed by atoms with Crippen LogP contribution in [0.15, 0.2) is 271 Å². The molecular weight excluding hydrogens is 861 g/mol. The molecule has 0 saturated carbocycles. The van der Waals surface area contributed by atoms with Crippen molar-refractivity contribution in [2.75, 3.05) is 4.90 Å². The van der Waals surface area contributed by atoms with Crippen LogP contribution >= 0.6 is 0 Å². The molecule has 0 aliphatic carbocycles. The van der Waals surface area contributed by atoms with Crippen LogP contribution in [-0.4, -0.2) is 4.57 Å². The van der Waals surface area contributed by atoms with E-state index in [2.05, 4.69) is 276 Å². The molecule has 0 aliphatic rings. The first-order valence-corrected chi connectivity index (χ1v) is 24.3. The first-order valence-electron chi connectivity index (χ1n) is 24.3. The summed E-state index contributed by atoms with van der Waals surface area (Å²) in [5.74, 6) is 0. The standard InChI is InChI=1S/C68H44N2O/c1-2-20-53(21-3-1)70-62-28-10-8-24-60(62)66-57(26-14-29-63(66)70)52-19-12-22-55(44-52)69(54-39-37-47(38-40-54)46-31-33-48(34-32-46)51-36-35-45-15-4-5-17-50(45)43-51)64-42-41-59(58-27-13-18-49-16-6-7-23-56(49)58)68-67(64)61-25-9-11-30-65(61)71-68/h1-44H. The van der Waals surface area contributed by atoms with Crippen LogP contribution in [0.3, 0.4) is 0 Å². The Hall–Kier alpha value is -9.44. The largest absolute Gasteiger partial charge is 0.455 e. The summed E-state index contributed by atoms with van der Waals surface area (Å²) in [6.45, 7) is 0. The molecule has 71 heavy (non-hydrogen) atoms. The molecular formula is C68H44N2O. The number of fused-ring (bicyclic) bond motifs is 8.